The monoisotopic (exact) mass is 389 g/mol. The van der Waals surface area contributed by atoms with Crippen molar-refractivity contribution >= 4 is 29.0 Å². The Morgan fingerprint density at radius 2 is 1.85 bits per heavy atom. The van der Waals surface area contributed by atoms with Gasteiger partial charge in [0, 0.05) is 21.9 Å². The van der Waals surface area contributed by atoms with E-state index >= 15 is 0 Å². The highest BCUT2D eigenvalue weighted by Crippen LogP contribution is 2.26. The van der Waals surface area contributed by atoms with Crippen molar-refractivity contribution in [3.63, 3.8) is 0 Å². The van der Waals surface area contributed by atoms with Crippen LogP contribution in [0.25, 0.3) is 0 Å². The summed E-state index contributed by atoms with van der Waals surface area (Å²) >= 11 is 2.92. The number of benzene rings is 2. The van der Waals surface area contributed by atoms with Gasteiger partial charge in [0.15, 0.2) is 11.6 Å². The van der Waals surface area contributed by atoms with Gasteiger partial charge in [0.25, 0.3) is 0 Å². The Labute approximate surface area is 159 Å². The Morgan fingerprint density at radius 1 is 1.04 bits per heavy atom. The molecule has 26 heavy (non-hydrogen) atoms. The Kier molecular flexibility index (Phi) is 6.41. The van der Waals surface area contributed by atoms with Crippen molar-refractivity contribution < 1.29 is 13.6 Å². The molecule has 3 aromatic rings. The van der Waals surface area contributed by atoms with Crippen molar-refractivity contribution in [2.45, 2.75) is 17.4 Å². The van der Waals surface area contributed by atoms with Gasteiger partial charge in [0.2, 0.25) is 5.91 Å². The van der Waals surface area contributed by atoms with E-state index < -0.39 is 11.6 Å². The fraction of sp³-hybridized carbons (Fsp3) is 0.150. The van der Waals surface area contributed by atoms with Crippen LogP contribution in [-0.2, 0) is 4.79 Å². The van der Waals surface area contributed by atoms with Gasteiger partial charge in [-0.25, -0.2) is 8.78 Å². The van der Waals surface area contributed by atoms with Crippen LogP contribution >= 0.6 is 23.1 Å². The van der Waals surface area contributed by atoms with Gasteiger partial charge in [-0.05, 0) is 35.2 Å². The van der Waals surface area contributed by atoms with E-state index in [4.69, 9.17) is 0 Å². The molecule has 0 saturated carbocycles. The highest BCUT2D eigenvalue weighted by atomic mass is 32.2. The normalized spacial score (nSPS) is 11.9. The topological polar surface area (TPSA) is 29.1 Å². The SMILES string of the molecule is O=C(CCSc1ccc(F)c(F)c1)NC(c1ccccc1)c1cccs1. The Morgan fingerprint density at radius 3 is 2.54 bits per heavy atom. The largest absolute Gasteiger partial charge is 0.344 e. The molecule has 0 radical (unpaired) electrons. The predicted octanol–water partition coefficient (Wildman–Crippen LogP) is 5.41. The van der Waals surface area contributed by atoms with Gasteiger partial charge in [-0.15, -0.1) is 23.1 Å². The fourth-order valence-electron chi connectivity index (χ4n) is 2.48. The molecule has 1 amide bonds. The highest BCUT2D eigenvalue weighted by molar-refractivity contribution is 7.99. The van der Waals surface area contributed by atoms with Crippen LogP contribution in [0.4, 0.5) is 8.78 Å². The molecule has 134 valence electrons. The third-order valence-corrected chi connectivity index (χ3v) is 5.69. The van der Waals surface area contributed by atoms with Gasteiger partial charge >= 0.3 is 0 Å². The molecule has 0 spiro atoms. The molecule has 0 saturated heterocycles. The van der Waals surface area contributed by atoms with Gasteiger partial charge in [0.05, 0.1) is 6.04 Å². The number of halogens is 2. The first-order valence-electron chi connectivity index (χ1n) is 8.09. The molecule has 0 bridgehead atoms. The van der Waals surface area contributed by atoms with Crippen molar-refractivity contribution in [2.24, 2.45) is 0 Å². The van der Waals surface area contributed by atoms with Crippen LogP contribution in [-0.4, -0.2) is 11.7 Å². The zero-order valence-corrected chi connectivity index (χ0v) is 15.5. The second-order valence-electron chi connectivity index (χ2n) is 5.60. The van der Waals surface area contributed by atoms with Crippen LogP contribution in [0, 0.1) is 11.6 Å². The molecule has 0 fully saturated rings. The molecule has 1 atom stereocenters. The minimum absolute atomic E-state index is 0.0812. The summed E-state index contributed by atoms with van der Waals surface area (Å²) in [6, 6.07) is 17.3. The molecule has 2 aromatic carbocycles. The first-order valence-corrected chi connectivity index (χ1v) is 9.95. The third-order valence-electron chi connectivity index (χ3n) is 3.75. The van der Waals surface area contributed by atoms with E-state index in [-0.39, 0.29) is 11.9 Å². The summed E-state index contributed by atoms with van der Waals surface area (Å²) < 4.78 is 26.2. The second-order valence-corrected chi connectivity index (χ2v) is 7.75. The smallest absolute Gasteiger partial charge is 0.221 e. The molecule has 1 unspecified atom stereocenters. The van der Waals surface area contributed by atoms with E-state index in [2.05, 4.69) is 5.32 Å². The predicted molar refractivity (Wildman–Crippen MR) is 102 cm³/mol. The van der Waals surface area contributed by atoms with Crippen LogP contribution in [0.5, 0.6) is 0 Å². The summed E-state index contributed by atoms with van der Waals surface area (Å²) in [6.07, 6.45) is 0.290. The summed E-state index contributed by atoms with van der Waals surface area (Å²) in [5, 5.41) is 5.05. The maximum Gasteiger partial charge on any atom is 0.221 e. The number of amides is 1. The van der Waals surface area contributed by atoms with Crippen molar-refractivity contribution in [2.75, 3.05) is 5.75 Å². The van der Waals surface area contributed by atoms with Gasteiger partial charge < -0.3 is 5.32 Å². The zero-order valence-electron chi connectivity index (χ0n) is 13.8. The zero-order chi connectivity index (χ0) is 18.4. The Hall–Kier alpha value is -2.18. The maximum absolute atomic E-state index is 13.2. The lowest BCUT2D eigenvalue weighted by molar-refractivity contribution is -0.121. The first-order chi connectivity index (χ1) is 12.6. The van der Waals surface area contributed by atoms with Crippen molar-refractivity contribution in [1.29, 1.82) is 0 Å². The lowest BCUT2D eigenvalue weighted by Crippen LogP contribution is -2.29. The maximum atomic E-state index is 13.2. The Bertz CT molecular complexity index is 854. The molecule has 1 aromatic heterocycles. The number of hydrogen-bond acceptors (Lipinski definition) is 3. The molecule has 6 heteroatoms. The molecular formula is C20H17F2NOS2. The van der Waals surface area contributed by atoms with Crippen molar-refractivity contribution in [3.05, 3.63) is 88.1 Å². The van der Waals surface area contributed by atoms with Gasteiger partial charge in [-0.1, -0.05) is 36.4 Å². The van der Waals surface area contributed by atoms with Crippen LogP contribution in [0.3, 0.4) is 0 Å². The number of hydrogen-bond donors (Lipinski definition) is 1. The highest BCUT2D eigenvalue weighted by Gasteiger charge is 2.17. The molecule has 2 nitrogen and oxygen atoms in total. The van der Waals surface area contributed by atoms with Gasteiger partial charge in [-0.3, -0.25) is 4.79 Å². The van der Waals surface area contributed by atoms with Crippen molar-refractivity contribution in [3.8, 4) is 0 Å². The Balaban J connectivity index is 1.59. The number of rotatable bonds is 7. The van der Waals surface area contributed by atoms with E-state index in [1.54, 1.807) is 11.3 Å². The summed E-state index contributed by atoms with van der Waals surface area (Å²) in [6.45, 7) is 0. The molecule has 1 heterocycles. The number of nitrogens with one attached hydrogen (secondary N) is 1. The summed E-state index contributed by atoms with van der Waals surface area (Å²) in [4.78, 5) is 14.1. The lowest BCUT2D eigenvalue weighted by Gasteiger charge is -2.18. The molecule has 3 rings (SSSR count). The van der Waals surface area contributed by atoms with E-state index in [1.807, 2.05) is 47.8 Å². The minimum atomic E-state index is -0.874. The lowest BCUT2D eigenvalue weighted by atomic mass is 10.1. The number of thiophene rings is 1. The molecule has 0 aliphatic heterocycles. The molecule has 0 aliphatic rings. The number of carbonyl (C=O) groups excluding carboxylic acids is 1. The van der Waals surface area contributed by atoms with E-state index in [9.17, 15) is 13.6 Å². The van der Waals surface area contributed by atoms with Gasteiger partial charge in [0.1, 0.15) is 0 Å². The summed E-state index contributed by atoms with van der Waals surface area (Å²) in [7, 11) is 0. The molecular weight excluding hydrogens is 372 g/mol. The number of thioether (sulfide) groups is 1. The fourth-order valence-corrected chi connectivity index (χ4v) is 4.16. The van der Waals surface area contributed by atoms with Crippen LogP contribution < -0.4 is 5.32 Å². The van der Waals surface area contributed by atoms with Gasteiger partial charge in [-0.2, -0.15) is 0 Å². The standard InChI is InChI=1S/C20H17F2NOS2/c21-16-9-8-15(13-17(16)22)25-12-10-19(24)23-20(18-7-4-11-26-18)14-5-2-1-3-6-14/h1-9,11,13,20H,10,12H2,(H,23,24). The van der Waals surface area contributed by atoms with E-state index in [0.29, 0.717) is 17.1 Å². The third kappa shape index (κ3) is 4.93. The summed E-state index contributed by atoms with van der Waals surface area (Å²) in [5.41, 5.74) is 1.02. The van der Waals surface area contributed by atoms with E-state index in [0.717, 1.165) is 22.6 Å². The van der Waals surface area contributed by atoms with E-state index in [1.165, 1.54) is 17.8 Å². The van der Waals surface area contributed by atoms with Crippen LogP contribution in [0.1, 0.15) is 22.9 Å². The van der Waals surface area contributed by atoms with Crippen molar-refractivity contribution in [1.82, 2.24) is 5.32 Å². The first kappa shape index (κ1) is 18.6. The number of carbonyl (C=O) groups is 1. The summed E-state index contributed by atoms with van der Waals surface area (Å²) in [5.74, 6) is -1.33. The molecule has 0 aliphatic carbocycles. The average Bonchev–Trinajstić information content (AvgIpc) is 3.18. The second kappa shape index (κ2) is 8.96. The quantitative estimate of drug-likeness (QED) is 0.547. The molecule has 1 N–H and O–H groups in total. The average molecular weight is 389 g/mol. The van der Waals surface area contributed by atoms with Crippen LogP contribution in [0.2, 0.25) is 0 Å². The minimum Gasteiger partial charge on any atom is -0.344 e. The van der Waals surface area contributed by atoms with Crippen LogP contribution in [0.15, 0.2) is 70.9 Å².